The summed E-state index contributed by atoms with van der Waals surface area (Å²) >= 11 is 0. The second kappa shape index (κ2) is 8.89. The summed E-state index contributed by atoms with van der Waals surface area (Å²) in [4.78, 5) is 20.9. The van der Waals surface area contributed by atoms with Crippen LogP contribution in [0.1, 0.15) is 23.2 Å². The van der Waals surface area contributed by atoms with Crippen LogP contribution in [0, 0.1) is 0 Å². The number of ether oxygens (including phenoxy) is 1. The largest absolute Gasteiger partial charge is 0.457 e. The Morgan fingerprint density at radius 2 is 1.56 bits per heavy atom. The highest BCUT2D eigenvalue weighted by Gasteiger charge is 2.23. The van der Waals surface area contributed by atoms with Crippen molar-refractivity contribution in [3.8, 4) is 22.8 Å². The molecule has 0 radical (unpaired) electrons. The van der Waals surface area contributed by atoms with Crippen molar-refractivity contribution in [2.45, 2.75) is 18.9 Å². The number of hydrogen-bond donors (Lipinski definition) is 2. The normalized spacial score (nSPS) is 12.8. The summed E-state index contributed by atoms with van der Waals surface area (Å²) in [7, 11) is 0. The Morgan fingerprint density at radius 1 is 0.844 bits per heavy atom. The zero-order valence-corrected chi connectivity index (χ0v) is 17.4. The third kappa shape index (κ3) is 4.92. The van der Waals surface area contributed by atoms with Crippen LogP contribution in [0.25, 0.3) is 11.3 Å². The molecule has 4 aromatic rings. The quantitative estimate of drug-likeness (QED) is 0.407. The lowest BCUT2D eigenvalue weighted by atomic mass is 10.1. The lowest BCUT2D eigenvalue weighted by molar-refractivity contribution is 0.0951. The number of hydrogen-bond acceptors (Lipinski definition) is 5. The van der Waals surface area contributed by atoms with Gasteiger partial charge >= 0.3 is 0 Å². The van der Waals surface area contributed by atoms with Crippen molar-refractivity contribution in [2.75, 3.05) is 5.32 Å². The number of carbonyl (C=O) groups is 1. The van der Waals surface area contributed by atoms with Gasteiger partial charge in [0.15, 0.2) is 0 Å². The Morgan fingerprint density at radius 3 is 2.28 bits per heavy atom. The smallest absolute Gasteiger partial charge is 0.251 e. The maximum Gasteiger partial charge on any atom is 0.251 e. The first-order chi connectivity index (χ1) is 15.7. The van der Waals surface area contributed by atoms with Gasteiger partial charge in [0.1, 0.15) is 23.6 Å². The van der Waals surface area contributed by atoms with E-state index in [1.165, 1.54) is 6.33 Å². The number of benzene rings is 3. The molecule has 158 valence electrons. The van der Waals surface area contributed by atoms with Crippen LogP contribution in [0.5, 0.6) is 11.5 Å². The highest BCUT2D eigenvalue weighted by Crippen LogP contribution is 2.25. The first-order valence-electron chi connectivity index (χ1n) is 10.6. The average Bonchev–Trinajstić information content (AvgIpc) is 3.65. The summed E-state index contributed by atoms with van der Waals surface area (Å²) in [6, 6.07) is 27.0. The molecule has 6 heteroatoms. The van der Waals surface area contributed by atoms with Crippen molar-refractivity contribution in [1.82, 2.24) is 15.3 Å². The van der Waals surface area contributed by atoms with Gasteiger partial charge < -0.3 is 15.4 Å². The van der Waals surface area contributed by atoms with Crippen molar-refractivity contribution in [3.63, 3.8) is 0 Å². The van der Waals surface area contributed by atoms with Gasteiger partial charge in [0.2, 0.25) is 0 Å². The molecule has 6 nitrogen and oxygen atoms in total. The zero-order chi connectivity index (χ0) is 21.8. The van der Waals surface area contributed by atoms with Crippen molar-refractivity contribution < 1.29 is 9.53 Å². The fourth-order valence-corrected chi connectivity index (χ4v) is 3.25. The molecule has 3 aromatic carbocycles. The van der Waals surface area contributed by atoms with Gasteiger partial charge in [-0.2, -0.15) is 0 Å². The van der Waals surface area contributed by atoms with Crippen LogP contribution in [0.15, 0.2) is 91.3 Å². The Hall–Kier alpha value is -4.19. The highest BCUT2D eigenvalue weighted by atomic mass is 16.5. The fourth-order valence-electron chi connectivity index (χ4n) is 3.25. The van der Waals surface area contributed by atoms with E-state index in [1.54, 1.807) is 0 Å². The molecule has 0 spiro atoms. The minimum atomic E-state index is -0.0243. The molecule has 0 saturated heterocycles. The monoisotopic (exact) mass is 422 g/mol. The molecule has 1 amide bonds. The summed E-state index contributed by atoms with van der Waals surface area (Å²) in [6.45, 7) is 0. The minimum Gasteiger partial charge on any atom is -0.457 e. The molecule has 2 N–H and O–H groups in total. The van der Waals surface area contributed by atoms with Gasteiger partial charge in [0.05, 0.1) is 5.69 Å². The number of nitrogens with zero attached hydrogens (tertiary/aromatic N) is 2. The van der Waals surface area contributed by atoms with Gasteiger partial charge in [-0.05, 0) is 61.4 Å². The van der Waals surface area contributed by atoms with E-state index in [9.17, 15) is 4.79 Å². The molecule has 1 heterocycles. The number of rotatable bonds is 7. The van der Waals surface area contributed by atoms with Crippen molar-refractivity contribution in [3.05, 3.63) is 96.8 Å². The summed E-state index contributed by atoms with van der Waals surface area (Å²) in [5.74, 6) is 2.21. The first-order valence-corrected chi connectivity index (χ1v) is 10.6. The summed E-state index contributed by atoms with van der Waals surface area (Å²) in [6.07, 6.45) is 3.67. The van der Waals surface area contributed by atoms with E-state index in [4.69, 9.17) is 4.74 Å². The third-order valence-electron chi connectivity index (χ3n) is 5.13. The van der Waals surface area contributed by atoms with E-state index < -0.39 is 0 Å². The number of aromatic nitrogens is 2. The van der Waals surface area contributed by atoms with E-state index in [2.05, 4.69) is 20.6 Å². The number of anilines is 2. The Bertz CT molecular complexity index is 1200. The van der Waals surface area contributed by atoms with E-state index in [-0.39, 0.29) is 5.91 Å². The van der Waals surface area contributed by atoms with Crippen LogP contribution in [0.4, 0.5) is 11.5 Å². The molecule has 5 rings (SSSR count). The molecule has 0 bridgehead atoms. The second-order valence-corrected chi connectivity index (χ2v) is 7.68. The number of carbonyl (C=O) groups excluding carboxylic acids is 1. The molecule has 1 aliphatic rings. The van der Waals surface area contributed by atoms with Crippen LogP contribution in [0.2, 0.25) is 0 Å². The Labute approximate surface area is 186 Å². The predicted octanol–water partition coefficient (Wildman–Crippen LogP) is 5.57. The predicted molar refractivity (Wildman–Crippen MR) is 124 cm³/mol. The van der Waals surface area contributed by atoms with Crippen LogP contribution >= 0.6 is 0 Å². The van der Waals surface area contributed by atoms with Gasteiger partial charge in [0, 0.05) is 28.9 Å². The lowest BCUT2D eigenvalue weighted by Crippen LogP contribution is -2.25. The van der Waals surface area contributed by atoms with E-state index in [0.29, 0.717) is 17.4 Å². The number of para-hydroxylation sites is 1. The van der Waals surface area contributed by atoms with E-state index in [0.717, 1.165) is 41.3 Å². The summed E-state index contributed by atoms with van der Waals surface area (Å²) in [5, 5.41) is 6.29. The second-order valence-electron chi connectivity index (χ2n) is 7.68. The third-order valence-corrected chi connectivity index (χ3v) is 5.13. The molecule has 0 unspecified atom stereocenters. The molecule has 1 aromatic heterocycles. The highest BCUT2D eigenvalue weighted by molar-refractivity contribution is 5.95. The molecule has 0 aliphatic heterocycles. The Kier molecular flexibility index (Phi) is 5.49. The first kappa shape index (κ1) is 19.8. The maximum atomic E-state index is 12.2. The summed E-state index contributed by atoms with van der Waals surface area (Å²) in [5.41, 5.74) is 3.25. The molecule has 1 aliphatic carbocycles. The van der Waals surface area contributed by atoms with Crippen LogP contribution < -0.4 is 15.4 Å². The zero-order valence-electron chi connectivity index (χ0n) is 17.4. The number of nitrogens with one attached hydrogen (secondary N) is 2. The molecular weight excluding hydrogens is 400 g/mol. The fraction of sp³-hybridized carbons (Fsp3) is 0.115. The van der Waals surface area contributed by atoms with Gasteiger partial charge in [-0.15, -0.1) is 0 Å². The summed E-state index contributed by atoms with van der Waals surface area (Å²) < 4.78 is 5.83. The van der Waals surface area contributed by atoms with E-state index in [1.807, 2.05) is 84.9 Å². The van der Waals surface area contributed by atoms with Gasteiger partial charge in [-0.3, -0.25) is 4.79 Å². The topological polar surface area (TPSA) is 76.1 Å². The SMILES string of the molecule is O=C(NC1CC1)c1ccc(-c2cc(Nc3ccc(Oc4ccccc4)cc3)ncn2)cc1. The van der Waals surface area contributed by atoms with Gasteiger partial charge in [-0.1, -0.05) is 30.3 Å². The molecule has 1 saturated carbocycles. The van der Waals surface area contributed by atoms with Crippen LogP contribution in [-0.4, -0.2) is 21.9 Å². The van der Waals surface area contributed by atoms with Crippen LogP contribution in [-0.2, 0) is 0 Å². The molecule has 32 heavy (non-hydrogen) atoms. The van der Waals surface area contributed by atoms with Crippen molar-refractivity contribution in [2.24, 2.45) is 0 Å². The maximum absolute atomic E-state index is 12.2. The molecular formula is C26H22N4O2. The average molecular weight is 422 g/mol. The Balaban J connectivity index is 1.25. The minimum absolute atomic E-state index is 0.0243. The molecule has 1 fully saturated rings. The van der Waals surface area contributed by atoms with Gasteiger partial charge in [0.25, 0.3) is 5.91 Å². The number of amides is 1. The van der Waals surface area contributed by atoms with Crippen LogP contribution in [0.3, 0.4) is 0 Å². The standard InChI is InChI=1S/C26H22N4O2/c31-26(30-21-10-11-21)19-8-6-18(7-9-19)24-16-25(28-17-27-24)29-20-12-14-23(15-13-20)32-22-4-2-1-3-5-22/h1-9,12-17,21H,10-11H2,(H,30,31)(H,27,28,29). The molecule has 0 atom stereocenters. The van der Waals surface area contributed by atoms with Gasteiger partial charge in [-0.25, -0.2) is 9.97 Å². The van der Waals surface area contributed by atoms with Crippen molar-refractivity contribution >= 4 is 17.4 Å². The van der Waals surface area contributed by atoms with Crippen molar-refractivity contribution in [1.29, 1.82) is 0 Å². The van der Waals surface area contributed by atoms with E-state index >= 15 is 0 Å². The lowest BCUT2D eigenvalue weighted by Gasteiger charge is -2.09.